The smallest absolute Gasteiger partial charge is 0.226 e. The number of carbonyl (C=O) groups excluding carboxylic acids is 1. The number of fused-ring (bicyclic) bond motifs is 1. The van der Waals surface area contributed by atoms with E-state index in [4.69, 9.17) is 16.0 Å². The molecule has 0 aliphatic carbocycles. The van der Waals surface area contributed by atoms with E-state index in [1.165, 1.54) is 0 Å². The van der Waals surface area contributed by atoms with Gasteiger partial charge in [0.15, 0.2) is 0 Å². The lowest BCUT2D eigenvalue weighted by molar-refractivity contribution is -0.116. The fourth-order valence-electron chi connectivity index (χ4n) is 2.89. The predicted octanol–water partition coefficient (Wildman–Crippen LogP) is 3.05. The number of halogens is 1. The van der Waals surface area contributed by atoms with Gasteiger partial charge >= 0.3 is 0 Å². The first-order valence-corrected chi connectivity index (χ1v) is 7.57. The first-order chi connectivity index (χ1) is 11.2. The van der Waals surface area contributed by atoms with Gasteiger partial charge in [-0.25, -0.2) is 4.68 Å². The molecule has 0 bridgehead atoms. The SMILES string of the molecule is O=C1C[C@H](c2ccncc2Cl)c2cnn(Cc3ccco3)c2N1. The second-order valence-corrected chi connectivity index (χ2v) is 5.79. The monoisotopic (exact) mass is 328 g/mol. The lowest BCUT2D eigenvalue weighted by atomic mass is 9.88. The van der Waals surface area contributed by atoms with E-state index in [-0.39, 0.29) is 11.8 Å². The van der Waals surface area contributed by atoms with Gasteiger partial charge in [0.05, 0.1) is 17.5 Å². The Morgan fingerprint density at radius 3 is 3.04 bits per heavy atom. The van der Waals surface area contributed by atoms with Crippen LogP contribution in [-0.2, 0) is 11.3 Å². The zero-order chi connectivity index (χ0) is 15.8. The first-order valence-electron chi connectivity index (χ1n) is 7.19. The van der Waals surface area contributed by atoms with Crippen LogP contribution in [0.3, 0.4) is 0 Å². The molecule has 0 radical (unpaired) electrons. The number of furan rings is 1. The van der Waals surface area contributed by atoms with Crippen LogP contribution >= 0.6 is 11.6 Å². The minimum absolute atomic E-state index is 0.0587. The molecule has 7 heteroatoms. The topological polar surface area (TPSA) is 73.0 Å². The fourth-order valence-corrected chi connectivity index (χ4v) is 3.14. The summed E-state index contributed by atoms with van der Waals surface area (Å²) in [6.45, 7) is 0.458. The summed E-state index contributed by atoms with van der Waals surface area (Å²) in [6.07, 6.45) is 7.00. The molecule has 1 N–H and O–H groups in total. The van der Waals surface area contributed by atoms with E-state index in [0.717, 1.165) is 16.9 Å². The Labute approximate surface area is 137 Å². The number of aromatic nitrogens is 3. The van der Waals surface area contributed by atoms with Gasteiger partial charge in [0.25, 0.3) is 0 Å². The van der Waals surface area contributed by atoms with Crippen LogP contribution in [-0.4, -0.2) is 20.7 Å². The van der Waals surface area contributed by atoms with Crippen LogP contribution in [0.2, 0.25) is 5.02 Å². The van der Waals surface area contributed by atoms with Gasteiger partial charge in [0, 0.05) is 30.3 Å². The summed E-state index contributed by atoms with van der Waals surface area (Å²) in [5, 5.41) is 7.85. The third-order valence-electron chi connectivity index (χ3n) is 3.96. The number of carbonyl (C=O) groups is 1. The van der Waals surface area contributed by atoms with Crippen molar-refractivity contribution < 1.29 is 9.21 Å². The summed E-state index contributed by atoms with van der Waals surface area (Å²) in [7, 11) is 0. The van der Waals surface area contributed by atoms with Crippen LogP contribution in [0.4, 0.5) is 5.82 Å². The number of hydrogen-bond acceptors (Lipinski definition) is 4. The number of pyridine rings is 1. The number of anilines is 1. The standard InChI is InChI=1S/C16H13ClN4O2/c17-14-8-18-4-3-11(14)12-6-15(22)20-16-13(12)7-19-21(16)9-10-2-1-5-23-10/h1-5,7-8,12H,6,9H2,(H,20,22)/t12-/m1/s1. The van der Waals surface area contributed by atoms with E-state index in [1.807, 2.05) is 18.2 Å². The summed E-state index contributed by atoms with van der Waals surface area (Å²) in [5.74, 6) is 1.28. The average Bonchev–Trinajstić information content (AvgIpc) is 3.18. The molecule has 1 amide bonds. The summed E-state index contributed by atoms with van der Waals surface area (Å²) in [5.41, 5.74) is 1.83. The van der Waals surface area contributed by atoms with Crippen molar-refractivity contribution in [3.05, 3.63) is 65.0 Å². The van der Waals surface area contributed by atoms with Crippen molar-refractivity contribution in [1.29, 1.82) is 0 Å². The molecule has 1 atom stereocenters. The Balaban J connectivity index is 1.75. The molecule has 116 valence electrons. The highest BCUT2D eigenvalue weighted by molar-refractivity contribution is 6.31. The maximum atomic E-state index is 12.1. The molecule has 1 aliphatic heterocycles. The quantitative estimate of drug-likeness (QED) is 0.802. The number of rotatable bonds is 3. The van der Waals surface area contributed by atoms with Crippen LogP contribution < -0.4 is 5.32 Å². The number of hydrogen-bond donors (Lipinski definition) is 1. The Bertz CT molecular complexity index is 857. The minimum atomic E-state index is -0.125. The number of amides is 1. The summed E-state index contributed by atoms with van der Waals surface area (Å²) >= 11 is 6.26. The van der Waals surface area contributed by atoms with Crippen molar-refractivity contribution >= 4 is 23.3 Å². The van der Waals surface area contributed by atoms with E-state index in [2.05, 4.69) is 15.4 Å². The predicted molar refractivity (Wildman–Crippen MR) is 84.4 cm³/mol. The van der Waals surface area contributed by atoms with Crippen molar-refractivity contribution in [2.24, 2.45) is 0 Å². The minimum Gasteiger partial charge on any atom is -0.467 e. The third kappa shape index (κ3) is 2.51. The number of nitrogens with one attached hydrogen (secondary N) is 1. The molecule has 0 aromatic carbocycles. The maximum absolute atomic E-state index is 12.1. The molecular formula is C16H13ClN4O2. The molecule has 4 rings (SSSR count). The molecule has 6 nitrogen and oxygen atoms in total. The highest BCUT2D eigenvalue weighted by Crippen LogP contribution is 2.39. The Kier molecular flexibility index (Phi) is 3.38. The first kappa shape index (κ1) is 14.0. The van der Waals surface area contributed by atoms with E-state index in [1.54, 1.807) is 29.5 Å². The van der Waals surface area contributed by atoms with Crippen LogP contribution in [0.5, 0.6) is 0 Å². The van der Waals surface area contributed by atoms with Crippen molar-refractivity contribution in [3.63, 3.8) is 0 Å². The van der Waals surface area contributed by atoms with Crippen molar-refractivity contribution in [2.75, 3.05) is 5.32 Å². The molecule has 1 aliphatic rings. The summed E-state index contributed by atoms with van der Waals surface area (Å²) < 4.78 is 7.08. The van der Waals surface area contributed by atoms with Crippen molar-refractivity contribution in [3.8, 4) is 0 Å². The molecule has 0 spiro atoms. The van der Waals surface area contributed by atoms with Gasteiger partial charge in [-0.05, 0) is 23.8 Å². The lowest BCUT2D eigenvalue weighted by Gasteiger charge is -2.24. The maximum Gasteiger partial charge on any atom is 0.226 e. The van der Waals surface area contributed by atoms with Gasteiger partial charge in [0.1, 0.15) is 18.1 Å². The Hall–Kier alpha value is -2.60. The molecule has 0 fully saturated rings. The average molecular weight is 329 g/mol. The molecule has 3 aromatic rings. The Morgan fingerprint density at radius 2 is 2.26 bits per heavy atom. The van der Waals surface area contributed by atoms with Gasteiger partial charge in [-0.2, -0.15) is 5.10 Å². The van der Waals surface area contributed by atoms with Crippen LogP contribution in [0.1, 0.15) is 29.2 Å². The zero-order valence-corrected chi connectivity index (χ0v) is 12.8. The molecule has 4 heterocycles. The van der Waals surface area contributed by atoms with E-state index >= 15 is 0 Å². The highest BCUT2D eigenvalue weighted by atomic mass is 35.5. The summed E-state index contributed by atoms with van der Waals surface area (Å²) in [4.78, 5) is 16.1. The van der Waals surface area contributed by atoms with E-state index in [0.29, 0.717) is 23.8 Å². The zero-order valence-electron chi connectivity index (χ0n) is 12.1. The largest absolute Gasteiger partial charge is 0.467 e. The van der Waals surface area contributed by atoms with Gasteiger partial charge in [-0.1, -0.05) is 11.6 Å². The molecule has 0 saturated carbocycles. The second kappa shape index (κ2) is 5.55. The van der Waals surface area contributed by atoms with Gasteiger partial charge in [-0.3, -0.25) is 9.78 Å². The fraction of sp³-hybridized carbons (Fsp3) is 0.188. The molecule has 0 saturated heterocycles. The van der Waals surface area contributed by atoms with Crippen LogP contribution in [0, 0.1) is 0 Å². The van der Waals surface area contributed by atoms with Crippen LogP contribution in [0.25, 0.3) is 0 Å². The summed E-state index contributed by atoms with van der Waals surface area (Å²) in [6, 6.07) is 5.54. The van der Waals surface area contributed by atoms with Crippen molar-refractivity contribution in [2.45, 2.75) is 18.9 Å². The number of nitrogens with zero attached hydrogens (tertiary/aromatic N) is 3. The third-order valence-corrected chi connectivity index (χ3v) is 4.27. The van der Waals surface area contributed by atoms with Crippen molar-refractivity contribution in [1.82, 2.24) is 14.8 Å². The normalized spacial score (nSPS) is 16.9. The lowest BCUT2D eigenvalue weighted by Crippen LogP contribution is -2.25. The molecule has 0 unspecified atom stereocenters. The second-order valence-electron chi connectivity index (χ2n) is 5.39. The van der Waals surface area contributed by atoms with Gasteiger partial charge in [-0.15, -0.1) is 0 Å². The Morgan fingerprint density at radius 1 is 1.35 bits per heavy atom. The molecule has 23 heavy (non-hydrogen) atoms. The highest BCUT2D eigenvalue weighted by Gasteiger charge is 2.31. The van der Waals surface area contributed by atoms with E-state index in [9.17, 15) is 4.79 Å². The van der Waals surface area contributed by atoms with Gasteiger partial charge < -0.3 is 9.73 Å². The van der Waals surface area contributed by atoms with E-state index < -0.39 is 0 Å². The molecular weight excluding hydrogens is 316 g/mol. The van der Waals surface area contributed by atoms with Crippen LogP contribution in [0.15, 0.2) is 47.5 Å². The van der Waals surface area contributed by atoms with Gasteiger partial charge in [0.2, 0.25) is 5.91 Å². The molecule has 3 aromatic heterocycles.